The summed E-state index contributed by atoms with van der Waals surface area (Å²) >= 11 is 0. The third kappa shape index (κ3) is 9.97. The molecule has 3 rings (SSSR count). The summed E-state index contributed by atoms with van der Waals surface area (Å²) < 4.78 is 11.7. The van der Waals surface area contributed by atoms with Gasteiger partial charge >= 0.3 is 0 Å². The molecule has 1 aliphatic heterocycles. The number of nitrogens with zero attached hydrogens (tertiary/aromatic N) is 3. The van der Waals surface area contributed by atoms with E-state index >= 15 is 0 Å². The third-order valence-electron chi connectivity index (χ3n) is 6.48. The minimum atomic E-state index is -0.315. The maximum Gasteiger partial charge on any atom is 0.244 e. The van der Waals surface area contributed by atoms with Gasteiger partial charge in [-0.25, -0.2) is 0 Å². The standard InChI is InChI=1S/C29H39N5O4/c1-21(35)32-28(30)24-6-10-26(11-7-24)37-19-3-5-23-14-17-34(18-15-23)16-4-20-38-27-12-8-25(9-13-27)29(31)33-22(2)36/h6-13,23H,3-5,14-20H2,1-2H3,(H2,30,32,35)(H2,31,33,36). The molecule has 0 aromatic heterocycles. The number of carbonyl (C=O) groups is 2. The van der Waals surface area contributed by atoms with Crippen LogP contribution in [-0.2, 0) is 9.59 Å². The Morgan fingerprint density at radius 2 is 1.24 bits per heavy atom. The molecule has 0 unspecified atom stereocenters. The molecule has 0 spiro atoms. The SMILES string of the molecule is CC(=O)/N=C(\N)c1ccc(OCCCC2CCN(CCCOc3ccc(/C(N)=N/C(C)=O)cc3)CC2)cc1. The average Bonchev–Trinajstić information content (AvgIpc) is 2.90. The van der Waals surface area contributed by atoms with Gasteiger partial charge in [0.05, 0.1) is 13.2 Å². The fraction of sp³-hybridized carbons (Fsp3) is 0.448. The number of hydrogen-bond donors (Lipinski definition) is 2. The van der Waals surface area contributed by atoms with Gasteiger partial charge in [0, 0.05) is 31.5 Å². The third-order valence-corrected chi connectivity index (χ3v) is 6.48. The van der Waals surface area contributed by atoms with Crippen molar-refractivity contribution in [3.05, 3.63) is 59.7 Å². The second-order valence-electron chi connectivity index (χ2n) is 9.56. The zero-order valence-corrected chi connectivity index (χ0v) is 22.4. The Labute approximate surface area is 224 Å². The molecule has 1 saturated heterocycles. The molecule has 1 fully saturated rings. The van der Waals surface area contributed by atoms with Gasteiger partial charge < -0.3 is 25.8 Å². The number of benzene rings is 2. The summed E-state index contributed by atoms with van der Waals surface area (Å²) in [6.45, 7) is 7.37. The number of ether oxygens (including phenoxy) is 2. The topological polar surface area (TPSA) is 133 Å². The van der Waals surface area contributed by atoms with Crippen LogP contribution < -0.4 is 20.9 Å². The molecule has 4 N–H and O–H groups in total. The molecule has 0 saturated carbocycles. The molecule has 1 aliphatic rings. The first kappa shape index (κ1) is 28.8. The first-order valence-corrected chi connectivity index (χ1v) is 13.2. The van der Waals surface area contributed by atoms with Crippen molar-refractivity contribution in [1.82, 2.24) is 4.90 Å². The minimum absolute atomic E-state index is 0.217. The van der Waals surface area contributed by atoms with Gasteiger partial charge in [0.1, 0.15) is 23.2 Å². The largest absolute Gasteiger partial charge is 0.494 e. The fourth-order valence-corrected chi connectivity index (χ4v) is 4.45. The summed E-state index contributed by atoms with van der Waals surface area (Å²) in [7, 11) is 0. The highest BCUT2D eigenvalue weighted by Gasteiger charge is 2.18. The summed E-state index contributed by atoms with van der Waals surface area (Å²) in [6, 6.07) is 14.7. The Morgan fingerprint density at radius 1 is 0.789 bits per heavy atom. The molecule has 1 heterocycles. The van der Waals surface area contributed by atoms with E-state index in [1.165, 1.54) is 33.1 Å². The van der Waals surface area contributed by atoms with Crippen LogP contribution in [0, 0.1) is 5.92 Å². The smallest absolute Gasteiger partial charge is 0.244 e. The maximum atomic E-state index is 11.1. The highest BCUT2D eigenvalue weighted by Crippen LogP contribution is 2.22. The lowest BCUT2D eigenvalue weighted by Crippen LogP contribution is -2.35. The van der Waals surface area contributed by atoms with Gasteiger partial charge in [-0.2, -0.15) is 9.98 Å². The number of piperidine rings is 1. The van der Waals surface area contributed by atoms with Crippen molar-refractivity contribution in [2.24, 2.45) is 27.4 Å². The van der Waals surface area contributed by atoms with Crippen LogP contribution in [0.2, 0.25) is 0 Å². The van der Waals surface area contributed by atoms with Gasteiger partial charge in [-0.3, -0.25) is 9.59 Å². The van der Waals surface area contributed by atoms with Crippen LogP contribution in [0.25, 0.3) is 0 Å². The zero-order chi connectivity index (χ0) is 27.3. The average molecular weight is 522 g/mol. The van der Waals surface area contributed by atoms with E-state index in [2.05, 4.69) is 14.9 Å². The fourth-order valence-electron chi connectivity index (χ4n) is 4.45. The number of hydrogen-bond acceptors (Lipinski definition) is 5. The van der Waals surface area contributed by atoms with Crippen LogP contribution in [0.1, 0.15) is 57.1 Å². The molecule has 9 nitrogen and oxygen atoms in total. The normalized spacial score (nSPS) is 15.3. The summed E-state index contributed by atoms with van der Waals surface area (Å²) in [6.07, 6.45) is 5.60. The van der Waals surface area contributed by atoms with Crippen molar-refractivity contribution in [1.29, 1.82) is 0 Å². The van der Waals surface area contributed by atoms with E-state index in [1.54, 1.807) is 0 Å². The number of amidine groups is 2. The predicted octanol–water partition coefficient (Wildman–Crippen LogP) is 3.53. The quantitative estimate of drug-likeness (QED) is 0.248. The Hall–Kier alpha value is -3.72. The van der Waals surface area contributed by atoms with Gasteiger partial charge in [-0.15, -0.1) is 0 Å². The number of rotatable bonds is 12. The summed E-state index contributed by atoms with van der Waals surface area (Å²) in [5.74, 6) is 2.13. The second kappa shape index (κ2) is 14.9. The zero-order valence-electron chi connectivity index (χ0n) is 22.4. The number of aliphatic imine (C=N–C) groups is 2. The van der Waals surface area contributed by atoms with Crippen molar-refractivity contribution >= 4 is 23.5 Å². The number of nitrogens with two attached hydrogens (primary N) is 2. The lowest BCUT2D eigenvalue weighted by molar-refractivity contribution is -0.116. The van der Waals surface area contributed by atoms with Crippen LogP contribution in [0.5, 0.6) is 11.5 Å². The van der Waals surface area contributed by atoms with Gasteiger partial charge in [0.15, 0.2) is 0 Å². The Morgan fingerprint density at radius 3 is 1.68 bits per heavy atom. The van der Waals surface area contributed by atoms with E-state index in [-0.39, 0.29) is 23.5 Å². The molecule has 0 atom stereocenters. The van der Waals surface area contributed by atoms with Crippen LogP contribution in [-0.4, -0.2) is 61.2 Å². The van der Waals surface area contributed by atoms with Crippen LogP contribution >= 0.6 is 0 Å². The molecule has 204 valence electrons. The summed E-state index contributed by atoms with van der Waals surface area (Å²) in [5, 5.41) is 0. The van der Waals surface area contributed by atoms with Gasteiger partial charge in [-0.1, -0.05) is 0 Å². The van der Waals surface area contributed by atoms with E-state index < -0.39 is 0 Å². The Bertz CT molecular complexity index is 1020. The maximum absolute atomic E-state index is 11.1. The van der Waals surface area contributed by atoms with Gasteiger partial charge in [0.25, 0.3) is 0 Å². The van der Waals surface area contributed by atoms with Crippen molar-refractivity contribution in [2.45, 2.75) is 46.0 Å². The van der Waals surface area contributed by atoms with Gasteiger partial charge in [-0.05, 0) is 99.6 Å². The van der Waals surface area contributed by atoms with Crippen LogP contribution in [0.15, 0.2) is 58.5 Å². The summed E-state index contributed by atoms with van der Waals surface area (Å²) in [4.78, 5) is 32.1. The highest BCUT2D eigenvalue weighted by atomic mass is 16.5. The van der Waals surface area contributed by atoms with E-state index in [9.17, 15) is 9.59 Å². The highest BCUT2D eigenvalue weighted by molar-refractivity contribution is 6.04. The molecule has 0 bridgehead atoms. The molecule has 2 aromatic carbocycles. The molecule has 2 aromatic rings. The lowest BCUT2D eigenvalue weighted by atomic mass is 9.92. The van der Waals surface area contributed by atoms with Gasteiger partial charge in [0.2, 0.25) is 11.8 Å². The Kier molecular flexibility index (Phi) is 11.3. The molecule has 0 radical (unpaired) electrons. The monoisotopic (exact) mass is 521 g/mol. The molecule has 38 heavy (non-hydrogen) atoms. The van der Waals surface area contributed by atoms with Crippen molar-refractivity contribution in [3.63, 3.8) is 0 Å². The molecular formula is C29H39N5O4. The van der Waals surface area contributed by atoms with E-state index in [0.717, 1.165) is 49.9 Å². The Balaban J connectivity index is 1.25. The molecular weight excluding hydrogens is 482 g/mol. The molecule has 9 heteroatoms. The lowest BCUT2D eigenvalue weighted by Gasteiger charge is -2.32. The first-order chi connectivity index (χ1) is 18.3. The number of amides is 2. The van der Waals surface area contributed by atoms with Crippen molar-refractivity contribution in [3.8, 4) is 11.5 Å². The van der Waals surface area contributed by atoms with Crippen molar-refractivity contribution < 1.29 is 19.1 Å². The summed E-state index contributed by atoms with van der Waals surface area (Å²) in [5.41, 5.74) is 13.0. The predicted molar refractivity (Wildman–Crippen MR) is 150 cm³/mol. The number of carbonyl (C=O) groups excluding carboxylic acids is 2. The number of likely N-dealkylation sites (tertiary alicyclic amines) is 1. The van der Waals surface area contributed by atoms with Crippen LogP contribution in [0.4, 0.5) is 0 Å². The molecule has 0 aliphatic carbocycles. The van der Waals surface area contributed by atoms with E-state index in [1.807, 2.05) is 48.5 Å². The van der Waals surface area contributed by atoms with Crippen molar-refractivity contribution in [2.75, 3.05) is 32.8 Å². The second-order valence-corrected chi connectivity index (χ2v) is 9.56. The first-order valence-electron chi connectivity index (χ1n) is 13.2. The van der Waals surface area contributed by atoms with E-state index in [0.29, 0.717) is 24.3 Å². The van der Waals surface area contributed by atoms with E-state index in [4.69, 9.17) is 20.9 Å². The van der Waals surface area contributed by atoms with Crippen LogP contribution in [0.3, 0.4) is 0 Å². The molecule has 2 amide bonds. The minimum Gasteiger partial charge on any atom is -0.494 e.